The molecule has 0 fully saturated rings. The molecule has 4 nitrogen and oxygen atoms in total. The molecule has 0 aliphatic heterocycles. The molecule has 1 aromatic carbocycles. The zero-order valence-electron chi connectivity index (χ0n) is 11.9. The lowest BCUT2D eigenvalue weighted by atomic mass is 10.1. The number of hydrogen-bond acceptors (Lipinski definition) is 2. The SMILES string of the molecule is CC(CO)CCCNC(=O)Cc1c[nH]c2ccccc12. The van der Waals surface area contributed by atoms with E-state index in [1.807, 2.05) is 37.4 Å². The Morgan fingerprint density at radius 1 is 1.40 bits per heavy atom. The molecule has 1 atom stereocenters. The highest BCUT2D eigenvalue weighted by molar-refractivity contribution is 5.88. The van der Waals surface area contributed by atoms with E-state index in [0.29, 0.717) is 18.9 Å². The van der Waals surface area contributed by atoms with Crippen molar-refractivity contribution in [3.8, 4) is 0 Å². The number of aromatic amines is 1. The molecule has 0 saturated heterocycles. The highest BCUT2D eigenvalue weighted by Gasteiger charge is 2.08. The second-order valence-electron chi connectivity index (χ2n) is 5.32. The van der Waals surface area contributed by atoms with Gasteiger partial charge in [0.15, 0.2) is 0 Å². The molecule has 0 saturated carbocycles. The van der Waals surface area contributed by atoms with Crippen LogP contribution >= 0.6 is 0 Å². The lowest BCUT2D eigenvalue weighted by Crippen LogP contribution is -2.26. The maximum absolute atomic E-state index is 11.9. The number of hydrogen-bond donors (Lipinski definition) is 3. The van der Waals surface area contributed by atoms with E-state index in [1.165, 1.54) is 0 Å². The van der Waals surface area contributed by atoms with E-state index in [1.54, 1.807) is 0 Å². The van der Waals surface area contributed by atoms with Crippen molar-refractivity contribution in [2.24, 2.45) is 5.92 Å². The zero-order valence-corrected chi connectivity index (χ0v) is 11.9. The van der Waals surface area contributed by atoms with Gasteiger partial charge in [-0.2, -0.15) is 0 Å². The summed E-state index contributed by atoms with van der Waals surface area (Å²) in [5.74, 6) is 0.354. The van der Waals surface area contributed by atoms with Gasteiger partial charge in [0.25, 0.3) is 0 Å². The Morgan fingerprint density at radius 3 is 3.00 bits per heavy atom. The average molecular weight is 274 g/mol. The smallest absolute Gasteiger partial charge is 0.224 e. The standard InChI is InChI=1S/C16H22N2O2/c1-12(11-19)5-4-8-17-16(20)9-13-10-18-15-7-3-2-6-14(13)15/h2-3,6-7,10,12,18-19H,4-5,8-9,11H2,1H3,(H,17,20). The molecule has 0 radical (unpaired) electrons. The van der Waals surface area contributed by atoms with Crippen LogP contribution in [-0.4, -0.2) is 29.1 Å². The number of carbonyl (C=O) groups excluding carboxylic acids is 1. The molecule has 1 unspecified atom stereocenters. The van der Waals surface area contributed by atoms with E-state index in [2.05, 4.69) is 10.3 Å². The van der Waals surface area contributed by atoms with Gasteiger partial charge in [0.05, 0.1) is 6.42 Å². The first-order chi connectivity index (χ1) is 9.70. The minimum atomic E-state index is 0.0476. The van der Waals surface area contributed by atoms with Crippen LogP contribution in [0.1, 0.15) is 25.3 Å². The summed E-state index contributed by atoms with van der Waals surface area (Å²) >= 11 is 0. The number of rotatable bonds is 7. The first-order valence-electron chi connectivity index (χ1n) is 7.13. The fourth-order valence-corrected chi connectivity index (χ4v) is 2.28. The minimum absolute atomic E-state index is 0.0476. The third-order valence-corrected chi connectivity index (χ3v) is 3.53. The van der Waals surface area contributed by atoms with Crippen LogP contribution in [0.3, 0.4) is 0 Å². The second-order valence-corrected chi connectivity index (χ2v) is 5.32. The fraction of sp³-hybridized carbons (Fsp3) is 0.438. The van der Waals surface area contributed by atoms with E-state index in [0.717, 1.165) is 29.3 Å². The summed E-state index contributed by atoms with van der Waals surface area (Å²) < 4.78 is 0. The van der Waals surface area contributed by atoms with E-state index in [4.69, 9.17) is 5.11 Å². The molecule has 2 aromatic rings. The van der Waals surface area contributed by atoms with Gasteiger partial charge in [-0.1, -0.05) is 25.1 Å². The predicted octanol–water partition coefficient (Wildman–Crippen LogP) is 2.24. The van der Waals surface area contributed by atoms with Crippen LogP contribution in [0.4, 0.5) is 0 Å². The van der Waals surface area contributed by atoms with Crippen LogP contribution < -0.4 is 5.32 Å². The quantitative estimate of drug-likeness (QED) is 0.678. The van der Waals surface area contributed by atoms with Crippen molar-refractivity contribution in [1.82, 2.24) is 10.3 Å². The number of aliphatic hydroxyl groups is 1. The zero-order chi connectivity index (χ0) is 14.4. The predicted molar refractivity (Wildman–Crippen MR) is 80.5 cm³/mol. The monoisotopic (exact) mass is 274 g/mol. The Morgan fingerprint density at radius 2 is 2.20 bits per heavy atom. The molecule has 108 valence electrons. The normalized spacial score (nSPS) is 12.5. The molecule has 0 spiro atoms. The largest absolute Gasteiger partial charge is 0.396 e. The Labute approximate surface area is 119 Å². The van der Waals surface area contributed by atoms with Crippen LogP contribution in [0.15, 0.2) is 30.5 Å². The first-order valence-corrected chi connectivity index (χ1v) is 7.13. The summed E-state index contributed by atoms with van der Waals surface area (Å²) in [4.78, 5) is 15.1. The molecular formula is C16H22N2O2. The number of amides is 1. The summed E-state index contributed by atoms with van der Waals surface area (Å²) in [5, 5.41) is 13.0. The molecule has 1 heterocycles. The Hall–Kier alpha value is -1.81. The van der Waals surface area contributed by atoms with Crippen molar-refractivity contribution in [2.45, 2.75) is 26.2 Å². The molecule has 0 aliphatic carbocycles. The van der Waals surface area contributed by atoms with Crippen molar-refractivity contribution < 1.29 is 9.90 Å². The van der Waals surface area contributed by atoms with Crippen molar-refractivity contribution in [2.75, 3.05) is 13.2 Å². The molecule has 0 bridgehead atoms. The number of para-hydroxylation sites is 1. The number of H-pyrrole nitrogens is 1. The van der Waals surface area contributed by atoms with E-state index < -0.39 is 0 Å². The minimum Gasteiger partial charge on any atom is -0.396 e. The lowest BCUT2D eigenvalue weighted by Gasteiger charge is -2.08. The fourth-order valence-electron chi connectivity index (χ4n) is 2.28. The highest BCUT2D eigenvalue weighted by Crippen LogP contribution is 2.17. The van der Waals surface area contributed by atoms with Gasteiger partial charge >= 0.3 is 0 Å². The van der Waals surface area contributed by atoms with Crippen molar-refractivity contribution in [3.05, 3.63) is 36.0 Å². The van der Waals surface area contributed by atoms with Crippen LogP contribution in [0.5, 0.6) is 0 Å². The summed E-state index contributed by atoms with van der Waals surface area (Å²) in [6.07, 6.45) is 4.14. The number of benzene rings is 1. The third kappa shape index (κ3) is 3.84. The molecule has 3 N–H and O–H groups in total. The Balaban J connectivity index is 1.80. The maximum Gasteiger partial charge on any atom is 0.224 e. The average Bonchev–Trinajstić information content (AvgIpc) is 2.86. The summed E-state index contributed by atoms with van der Waals surface area (Å²) in [6.45, 7) is 2.89. The summed E-state index contributed by atoms with van der Waals surface area (Å²) in [6, 6.07) is 7.99. The second kappa shape index (κ2) is 7.10. The van der Waals surface area contributed by atoms with Gasteiger partial charge < -0.3 is 15.4 Å². The Bertz CT molecular complexity index is 562. The first kappa shape index (κ1) is 14.6. The van der Waals surface area contributed by atoms with Gasteiger partial charge in [0.2, 0.25) is 5.91 Å². The van der Waals surface area contributed by atoms with Gasteiger partial charge in [-0.3, -0.25) is 4.79 Å². The molecule has 20 heavy (non-hydrogen) atoms. The highest BCUT2D eigenvalue weighted by atomic mass is 16.3. The Kier molecular flexibility index (Phi) is 5.18. The van der Waals surface area contributed by atoms with Crippen molar-refractivity contribution >= 4 is 16.8 Å². The van der Waals surface area contributed by atoms with Crippen LogP contribution in [0.2, 0.25) is 0 Å². The molecule has 4 heteroatoms. The molecule has 2 rings (SSSR count). The van der Waals surface area contributed by atoms with Crippen molar-refractivity contribution in [3.63, 3.8) is 0 Å². The molecule has 0 aliphatic rings. The van der Waals surface area contributed by atoms with E-state index >= 15 is 0 Å². The number of fused-ring (bicyclic) bond motifs is 1. The summed E-state index contributed by atoms with van der Waals surface area (Å²) in [7, 11) is 0. The van der Waals surface area contributed by atoms with E-state index in [9.17, 15) is 4.79 Å². The molecule has 1 amide bonds. The number of aromatic nitrogens is 1. The van der Waals surface area contributed by atoms with Gasteiger partial charge in [-0.25, -0.2) is 0 Å². The topological polar surface area (TPSA) is 65.1 Å². The number of nitrogens with one attached hydrogen (secondary N) is 2. The van der Waals surface area contributed by atoms with Gasteiger partial charge in [0, 0.05) is 30.3 Å². The number of aliphatic hydroxyl groups excluding tert-OH is 1. The molecule has 1 aromatic heterocycles. The van der Waals surface area contributed by atoms with Crippen LogP contribution in [-0.2, 0) is 11.2 Å². The van der Waals surface area contributed by atoms with Crippen molar-refractivity contribution in [1.29, 1.82) is 0 Å². The third-order valence-electron chi connectivity index (χ3n) is 3.53. The summed E-state index contributed by atoms with van der Waals surface area (Å²) in [5.41, 5.74) is 2.09. The number of carbonyl (C=O) groups is 1. The lowest BCUT2D eigenvalue weighted by molar-refractivity contribution is -0.120. The van der Waals surface area contributed by atoms with Gasteiger partial charge in [-0.15, -0.1) is 0 Å². The van der Waals surface area contributed by atoms with Crippen LogP contribution in [0, 0.1) is 5.92 Å². The van der Waals surface area contributed by atoms with Crippen LogP contribution in [0.25, 0.3) is 10.9 Å². The maximum atomic E-state index is 11.9. The van der Waals surface area contributed by atoms with Gasteiger partial charge in [-0.05, 0) is 30.4 Å². The van der Waals surface area contributed by atoms with E-state index in [-0.39, 0.29) is 12.5 Å². The molecular weight excluding hydrogens is 252 g/mol. The van der Waals surface area contributed by atoms with Gasteiger partial charge in [0.1, 0.15) is 0 Å².